The van der Waals surface area contributed by atoms with Gasteiger partial charge < -0.3 is 5.11 Å². The number of fused-ring (bicyclic) bond motifs is 2. The molecule has 5 nitrogen and oxygen atoms in total. The Labute approximate surface area is 141 Å². The van der Waals surface area contributed by atoms with Crippen LogP contribution in [0.3, 0.4) is 0 Å². The smallest absolute Gasteiger partial charge is 0.416 e. The minimum atomic E-state index is -4.73. The summed E-state index contributed by atoms with van der Waals surface area (Å²) in [6.07, 6.45) is -3.68. The maximum absolute atomic E-state index is 12.9. The summed E-state index contributed by atoms with van der Waals surface area (Å²) in [5, 5.41) is 8.85. The summed E-state index contributed by atoms with van der Waals surface area (Å²) in [5.74, 6) is -1.93. The van der Waals surface area contributed by atoms with Gasteiger partial charge in [-0.3, -0.25) is 4.79 Å². The minimum absolute atomic E-state index is 0.173. The average molecular weight is 384 g/mol. The van der Waals surface area contributed by atoms with E-state index < -0.39 is 50.6 Å². The maximum Gasteiger partial charge on any atom is 0.416 e. The Kier molecular flexibility index (Phi) is 4.09. The molecule has 1 aromatic rings. The number of alkyl halides is 3. The number of aliphatic carboxylic acids is 1. The molecule has 3 atom stereocenters. The highest BCUT2D eigenvalue weighted by molar-refractivity contribution is 7.89. The van der Waals surface area contributed by atoms with E-state index in [1.807, 2.05) is 0 Å². The summed E-state index contributed by atoms with van der Waals surface area (Å²) in [7, 11) is -4.26. The molecule has 2 saturated heterocycles. The molecule has 2 bridgehead atoms. The number of nitrogens with zero attached hydrogens (tertiary/aromatic N) is 1. The van der Waals surface area contributed by atoms with Crippen LogP contribution in [0.25, 0.3) is 0 Å². The van der Waals surface area contributed by atoms with Crippen LogP contribution in [0.5, 0.6) is 0 Å². The highest BCUT2D eigenvalue weighted by atomic mass is 35.5. The van der Waals surface area contributed by atoms with Crippen LogP contribution in [-0.4, -0.2) is 35.9 Å². The normalized spacial score (nSPS) is 27.6. The Morgan fingerprint density at radius 3 is 2.46 bits per heavy atom. The Hall–Kier alpha value is -1.32. The van der Waals surface area contributed by atoms with E-state index in [4.69, 9.17) is 11.6 Å². The minimum Gasteiger partial charge on any atom is -0.481 e. The average Bonchev–Trinajstić information content (AvgIpc) is 3.04. The van der Waals surface area contributed by atoms with Gasteiger partial charge in [0.2, 0.25) is 10.0 Å². The second-order valence-corrected chi connectivity index (χ2v) is 8.27. The molecule has 2 aliphatic heterocycles. The number of hydrogen-bond donors (Lipinski definition) is 1. The van der Waals surface area contributed by atoms with Crippen molar-refractivity contribution in [2.24, 2.45) is 5.92 Å². The van der Waals surface area contributed by atoms with Crippen LogP contribution in [0.2, 0.25) is 5.02 Å². The van der Waals surface area contributed by atoms with E-state index in [2.05, 4.69) is 0 Å². The van der Waals surface area contributed by atoms with Crippen molar-refractivity contribution < 1.29 is 31.5 Å². The quantitative estimate of drug-likeness (QED) is 0.870. The van der Waals surface area contributed by atoms with Crippen LogP contribution < -0.4 is 0 Å². The summed E-state index contributed by atoms with van der Waals surface area (Å²) in [6.45, 7) is 0. The van der Waals surface area contributed by atoms with Gasteiger partial charge in [-0.25, -0.2) is 8.42 Å². The Morgan fingerprint density at radius 2 is 1.92 bits per heavy atom. The number of sulfonamides is 1. The third-order valence-electron chi connectivity index (χ3n) is 4.56. The fraction of sp³-hybridized carbons (Fsp3) is 0.500. The van der Waals surface area contributed by atoms with Crippen LogP contribution in [0.1, 0.15) is 24.8 Å². The number of rotatable bonds is 3. The van der Waals surface area contributed by atoms with Crippen LogP contribution in [0, 0.1) is 5.92 Å². The van der Waals surface area contributed by atoms with Crippen molar-refractivity contribution in [2.75, 3.05) is 0 Å². The predicted octanol–water partition coefficient (Wildman–Crippen LogP) is 2.99. The van der Waals surface area contributed by atoms with Crippen molar-refractivity contribution in [3.63, 3.8) is 0 Å². The molecule has 24 heavy (non-hydrogen) atoms. The van der Waals surface area contributed by atoms with Crippen molar-refractivity contribution in [1.82, 2.24) is 4.31 Å². The highest BCUT2D eigenvalue weighted by Gasteiger charge is 2.54. The third kappa shape index (κ3) is 2.78. The molecule has 0 amide bonds. The first kappa shape index (κ1) is 17.5. The monoisotopic (exact) mass is 383 g/mol. The van der Waals surface area contributed by atoms with Gasteiger partial charge in [0.25, 0.3) is 0 Å². The first-order chi connectivity index (χ1) is 11.0. The van der Waals surface area contributed by atoms with Gasteiger partial charge in [0.1, 0.15) is 0 Å². The van der Waals surface area contributed by atoms with Gasteiger partial charge in [-0.1, -0.05) is 11.6 Å². The SMILES string of the molecule is O=C(O)C1CC2CCC1N2S(=O)(=O)c1cc(Cl)cc(C(F)(F)F)c1. The van der Waals surface area contributed by atoms with Gasteiger partial charge >= 0.3 is 12.1 Å². The first-order valence-electron chi connectivity index (χ1n) is 7.16. The molecule has 10 heteroatoms. The molecular formula is C14H13ClF3NO4S. The van der Waals surface area contributed by atoms with Crippen LogP contribution in [0.15, 0.2) is 23.1 Å². The summed E-state index contributed by atoms with van der Waals surface area (Å²) >= 11 is 5.66. The lowest BCUT2D eigenvalue weighted by molar-refractivity contribution is -0.142. The molecule has 1 aromatic carbocycles. The van der Waals surface area contributed by atoms with Crippen molar-refractivity contribution in [1.29, 1.82) is 0 Å². The standard InChI is InChI=1S/C14H13ClF3NO4S/c15-8-3-7(14(16,17)18)4-10(5-8)24(22,23)19-9-1-2-12(19)11(6-9)13(20)21/h3-5,9,11-12H,1-2,6H2,(H,20,21). The number of carbonyl (C=O) groups is 1. The van der Waals surface area contributed by atoms with Gasteiger partial charge in [-0.15, -0.1) is 0 Å². The summed E-state index contributed by atoms with van der Waals surface area (Å²) in [5.41, 5.74) is -1.16. The van der Waals surface area contributed by atoms with Gasteiger partial charge in [0.05, 0.1) is 16.4 Å². The van der Waals surface area contributed by atoms with Crippen LogP contribution in [0.4, 0.5) is 13.2 Å². The molecule has 1 N–H and O–H groups in total. The van der Waals surface area contributed by atoms with Gasteiger partial charge in [-0.2, -0.15) is 17.5 Å². The zero-order valence-electron chi connectivity index (χ0n) is 12.1. The zero-order chi connectivity index (χ0) is 17.9. The van der Waals surface area contributed by atoms with Crippen LogP contribution >= 0.6 is 11.6 Å². The predicted molar refractivity (Wildman–Crippen MR) is 78.0 cm³/mol. The van der Waals surface area contributed by atoms with Crippen LogP contribution in [-0.2, 0) is 21.0 Å². The third-order valence-corrected chi connectivity index (χ3v) is 6.74. The molecule has 2 aliphatic rings. The molecule has 0 aromatic heterocycles. The molecule has 0 aliphatic carbocycles. The highest BCUT2D eigenvalue weighted by Crippen LogP contribution is 2.45. The molecule has 3 unspecified atom stereocenters. The first-order valence-corrected chi connectivity index (χ1v) is 8.98. The molecule has 0 radical (unpaired) electrons. The molecule has 0 spiro atoms. The van der Waals surface area contributed by atoms with Gasteiger partial charge in [-0.05, 0) is 37.5 Å². The van der Waals surface area contributed by atoms with Gasteiger partial charge in [0, 0.05) is 17.1 Å². The lowest BCUT2D eigenvalue weighted by atomic mass is 9.89. The van der Waals surface area contributed by atoms with Crippen molar-refractivity contribution in [3.05, 3.63) is 28.8 Å². The number of hydrogen-bond acceptors (Lipinski definition) is 3. The molecule has 3 rings (SSSR count). The second kappa shape index (κ2) is 5.60. The summed E-state index contributed by atoms with van der Waals surface area (Å²) in [6, 6.07) is 0.911. The number of carboxylic acid groups (broad SMARTS) is 1. The van der Waals surface area contributed by atoms with Gasteiger partial charge in [0.15, 0.2) is 0 Å². The van der Waals surface area contributed by atoms with E-state index in [0.29, 0.717) is 25.0 Å². The molecule has 0 saturated carbocycles. The van der Waals surface area contributed by atoms with Crippen molar-refractivity contribution >= 4 is 27.6 Å². The molecule has 2 fully saturated rings. The number of carboxylic acids is 1. The lowest BCUT2D eigenvalue weighted by Gasteiger charge is -2.23. The fourth-order valence-electron chi connectivity index (χ4n) is 3.58. The fourth-order valence-corrected chi connectivity index (χ4v) is 5.86. The van der Waals surface area contributed by atoms with Crippen molar-refractivity contribution in [3.8, 4) is 0 Å². The Balaban J connectivity index is 2.04. The molecular weight excluding hydrogens is 371 g/mol. The van der Waals surface area contributed by atoms with E-state index in [1.165, 1.54) is 0 Å². The topological polar surface area (TPSA) is 74.7 Å². The molecule has 132 valence electrons. The Bertz CT molecular complexity index is 796. The maximum atomic E-state index is 12.9. The summed E-state index contributed by atoms with van der Waals surface area (Å²) < 4.78 is 65.4. The zero-order valence-corrected chi connectivity index (χ0v) is 13.7. The molecule has 2 heterocycles. The van der Waals surface area contributed by atoms with E-state index in [0.717, 1.165) is 10.4 Å². The number of halogens is 4. The van der Waals surface area contributed by atoms with E-state index >= 15 is 0 Å². The van der Waals surface area contributed by atoms with E-state index in [1.54, 1.807) is 0 Å². The number of benzene rings is 1. The van der Waals surface area contributed by atoms with E-state index in [-0.39, 0.29) is 11.4 Å². The van der Waals surface area contributed by atoms with Crippen molar-refractivity contribution in [2.45, 2.75) is 42.4 Å². The lowest BCUT2D eigenvalue weighted by Crippen LogP contribution is -2.37. The van der Waals surface area contributed by atoms with E-state index in [9.17, 15) is 31.5 Å². The largest absolute Gasteiger partial charge is 0.481 e. The Morgan fingerprint density at radius 1 is 1.25 bits per heavy atom. The second-order valence-electron chi connectivity index (χ2n) is 5.99. The summed E-state index contributed by atoms with van der Waals surface area (Å²) in [4.78, 5) is 10.7.